The molecule has 0 saturated carbocycles. The van der Waals surface area contributed by atoms with Crippen LogP contribution in [0, 0.1) is 11.3 Å². The van der Waals surface area contributed by atoms with Crippen molar-refractivity contribution in [3.8, 4) is 6.07 Å². The molecule has 1 aromatic carbocycles. The van der Waals surface area contributed by atoms with Crippen molar-refractivity contribution in [1.29, 1.82) is 5.26 Å². The van der Waals surface area contributed by atoms with Gasteiger partial charge in [-0.15, -0.1) is 0 Å². The van der Waals surface area contributed by atoms with Crippen LogP contribution in [0.15, 0.2) is 39.4 Å². The highest BCUT2D eigenvalue weighted by Gasteiger charge is 2.09. The fourth-order valence-corrected chi connectivity index (χ4v) is 2.25. The normalized spacial score (nSPS) is 9.89. The molecule has 0 aliphatic heterocycles. The molecule has 0 bridgehead atoms. The number of nitrogens with one attached hydrogen (secondary N) is 1. The second-order valence-electron chi connectivity index (χ2n) is 3.38. The average molecular weight is 387 g/mol. The van der Waals surface area contributed by atoms with Crippen LogP contribution >= 0.6 is 43.5 Å². The van der Waals surface area contributed by atoms with Gasteiger partial charge in [0.2, 0.25) is 0 Å². The molecule has 1 aromatic heterocycles. The van der Waals surface area contributed by atoms with Crippen LogP contribution in [-0.4, -0.2) is 4.98 Å². The maximum Gasteiger partial charge on any atom is 0.150 e. The van der Waals surface area contributed by atoms with Crippen LogP contribution in [0.3, 0.4) is 0 Å². The van der Waals surface area contributed by atoms with E-state index in [9.17, 15) is 0 Å². The molecule has 0 aliphatic rings. The number of benzene rings is 1. The van der Waals surface area contributed by atoms with E-state index in [1.165, 1.54) is 0 Å². The molecule has 1 N–H and O–H groups in total. The molecule has 0 atom stereocenters. The highest BCUT2D eigenvalue weighted by molar-refractivity contribution is 9.11. The molecule has 0 unspecified atom stereocenters. The molecule has 0 amide bonds. The lowest BCUT2D eigenvalue weighted by atomic mass is 10.2. The maximum absolute atomic E-state index is 8.90. The van der Waals surface area contributed by atoms with Gasteiger partial charge in [0.15, 0.2) is 5.82 Å². The van der Waals surface area contributed by atoms with E-state index in [0.29, 0.717) is 16.4 Å². The molecule has 6 heteroatoms. The summed E-state index contributed by atoms with van der Waals surface area (Å²) in [5.41, 5.74) is 1.20. The van der Waals surface area contributed by atoms with Gasteiger partial charge in [-0.1, -0.05) is 27.5 Å². The van der Waals surface area contributed by atoms with Gasteiger partial charge in [-0.3, -0.25) is 0 Å². The van der Waals surface area contributed by atoms with Crippen molar-refractivity contribution in [1.82, 2.24) is 4.98 Å². The van der Waals surface area contributed by atoms with Crippen molar-refractivity contribution in [2.45, 2.75) is 0 Å². The topological polar surface area (TPSA) is 48.7 Å². The second kappa shape index (κ2) is 5.70. The van der Waals surface area contributed by atoms with E-state index in [-0.39, 0.29) is 0 Å². The summed E-state index contributed by atoms with van der Waals surface area (Å²) in [5, 5.41) is 12.3. The Kier molecular flexibility index (Phi) is 4.23. The molecule has 0 aliphatic carbocycles. The van der Waals surface area contributed by atoms with E-state index < -0.39 is 0 Å². The maximum atomic E-state index is 8.90. The van der Waals surface area contributed by atoms with Gasteiger partial charge in [-0.2, -0.15) is 5.26 Å². The van der Waals surface area contributed by atoms with E-state index in [2.05, 4.69) is 42.2 Å². The van der Waals surface area contributed by atoms with Crippen LogP contribution in [0.25, 0.3) is 0 Å². The van der Waals surface area contributed by atoms with E-state index in [1.807, 2.05) is 24.3 Å². The standard InChI is InChI=1S/C12H6Br2ClN3/c13-8-1-2-9(14)10(5-8)18-12-11(15)7(6-16)3-4-17-12/h1-5H,(H,17,18). The highest BCUT2D eigenvalue weighted by atomic mass is 79.9. The number of rotatable bonds is 2. The highest BCUT2D eigenvalue weighted by Crippen LogP contribution is 2.31. The van der Waals surface area contributed by atoms with Crippen LogP contribution in [0.1, 0.15) is 5.56 Å². The molecule has 90 valence electrons. The Labute approximate surface area is 126 Å². The van der Waals surface area contributed by atoms with Crippen LogP contribution in [-0.2, 0) is 0 Å². The number of anilines is 2. The first-order valence-electron chi connectivity index (χ1n) is 4.88. The van der Waals surface area contributed by atoms with Gasteiger partial charge < -0.3 is 5.32 Å². The van der Waals surface area contributed by atoms with Crippen molar-refractivity contribution in [2.24, 2.45) is 0 Å². The van der Waals surface area contributed by atoms with Gasteiger partial charge in [0, 0.05) is 15.1 Å². The van der Waals surface area contributed by atoms with Gasteiger partial charge in [0.05, 0.1) is 11.3 Å². The molecule has 0 radical (unpaired) electrons. The van der Waals surface area contributed by atoms with Crippen LogP contribution < -0.4 is 5.32 Å². The Morgan fingerprint density at radius 1 is 1.28 bits per heavy atom. The van der Waals surface area contributed by atoms with Crippen LogP contribution in [0.5, 0.6) is 0 Å². The zero-order valence-corrected chi connectivity index (χ0v) is 12.8. The zero-order valence-electron chi connectivity index (χ0n) is 8.92. The summed E-state index contributed by atoms with van der Waals surface area (Å²) >= 11 is 12.9. The second-order valence-corrected chi connectivity index (χ2v) is 5.53. The average Bonchev–Trinajstić information content (AvgIpc) is 2.36. The summed E-state index contributed by atoms with van der Waals surface area (Å²) in [5.74, 6) is 0.453. The smallest absolute Gasteiger partial charge is 0.150 e. The number of pyridine rings is 1. The molecule has 1 heterocycles. The third-order valence-electron chi connectivity index (χ3n) is 2.19. The predicted molar refractivity (Wildman–Crippen MR) is 79.1 cm³/mol. The van der Waals surface area contributed by atoms with Crippen LogP contribution in [0.2, 0.25) is 5.02 Å². The molecule has 3 nitrogen and oxygen atoms in total. The Hall–Kier alpha value is -1.09. The molecule has 0 spiro atoms. The first-order chi connectivity index (χ1) is 8.61. The van der Waals surface area contributed by atoms with Crippen molar-refractivity contribution in [3.05, 3.63) is 50.0 Å². The Balaban J connectivity index is 2.41. The molecular weight excluding hydrogens is 381 g/mol. The number of halogens is 3. The summed E-state index contributed by atoms with van der Waals surface area (Å²) in [6.07, 6.45) is 1.54. The van der Waals surface area contributed by atoms with E-state index >= 15 is 0 Å². The van der Waals surface area contributed by atoms with E-state index in [4.69, 9.17) is 16.9 Å². The van der Waals surface area contributed by atoms with E-state index in [0.717, 1.165) is 14.6 Å². The SMILES string of the molecule is N#Cc1ccnc(Nc2cc(Br)ccc2Br)c1Cl. The Bertz CT molecular complexity index is 638. The lowest BCUT2D eigenvalue weighted by molar-refractivity contribution is 1.29. The minimum atomic E-state index is 0.312. The molecule has 0 saturated heterocycles. The fourth-order valence-electron chi connectivity index (χ4n) is 1.34. The van der Waals surface area contributed by atoms with Gasteiger partial charge in [-0.25, -0.2) is 4.98 Å². The molecule has 18 heavy (non-hydrogen) atoms. The Morgan fingerprint density at radius 3 is 2.78 bits per heavy atom. The van der Waals surface area contributed by atoms with Gasteiger partial charge in [-0.05, 0) is 40.2 Å². The molecule has 2 aromatic rings. The monoisotopic (exact) mass is 385 g/mol. The quantitative estimate of drug-likeness (QED) is 0.799. The number of hydrogen-bond acceptors (Lipinski definition) is 3. The van der Waals surface area contributed by atoms with E-state index in [1.54, 1.807) is 12.3 Å². The van der Waals surface area contributed by atoms with Gasteiger partial charge >= 0.3 is 0 Å². The number of aromatic nitrogens is 1. The Morgan fingerprint density at radius 2 is 2.06 bits per heavy atom. The minimum absolute atomic E-state index is 0.312. The summed E-state index contributed by atoms with van der Waals surface area (Å²) < 4.78 is 1.81. The summed E-state index contributed by atoms with van der Waals surface area (Å²) in [6, 6.07) is 9.29. The lowest BCUT2D eigenvalue weighted by Gasteiger charge is -2.10. The first-order valence-corrected chi connectivity index (χ1v) is 6.85. The first kappa shape index (κ1) is 13.3. The van der Waals surface area contributed by atoms with Gasteiger partial charge in [0.1, 0.15) is 11.1 Å². The number of hydrogen-bond donors (Lipinski definition) is 1. The fraction of sp³-hybridized carbons (Fsp3) is 0. The molecular formula is C12H6Br2ClN3. The van der Waals surface area contributed by atoms with Crippen molar-refractivity contribution >= 4 is 55.0 Å². The predicted octanol–water partition coefficient (Wildman–Crippen LogP) is 4.88. The summed E-state index contributed by atoms with van der Waals surface area (Å²) in [6.45, 7) is 0. The number of nitrogens with zero attached hydrogens (tertiary/aromatic N) is 2. The van der Waals surface area contributed by atoms with Crippen molar-refractivity contribution in [3.63, 3.8) is 0 Å². The van der Waals surface area contributed by atoms with Crippen molar-refractivity contribution < 1.29 is 0 Å². The number of nitriles is 1. The van der Waals surface area contributed by atoms with Crippen molar-refractivity contribution in [2.75, 3.05) is 5.32 Å². The minimum Gasteiger partial charge on any atom is -0.338 e. The summed E-state index contributed by atoms with van der Waals surface area (Å²) in [7, 11) is 0. The third kappa shape index (κ3) is 2.83. The third-order valence-corrected chi connectivity index (χ3v) is 3.76. The molecule has 0 fully saturated rings. The lowest BCUT2D eigenvalue weighted by Crippen LogP contribution is -1.96. The van der Waals surface area contributed by atoms with Crippen LogP contribution in [0.4, 0.5) is 11.5 Å². The zero-order chi connectivity index (χ0) is 13.1. The molecule has 2 rings (SSSR count). The van der Waals surface area contributed by atoms with Gasteiger partial charge in [0.25, 0.3) is 0 Å². The largest absolute Gasteiger partial charge is 0.338 e. The summed E-state index contributed by atoms with van der Waals surface area (Å²) in [4.78, 5) is 4.12.